The van der Waals surface area contributed by atoms with Crippen LogP contribution in [-0.2, 0) is 29.6 Å². The third kappa shape index (κ3) is 3.79. The lowest BCUT2D eigenvalue weighted by Crippen LogP contribution is -2.76. The molecule has 7 rings (SSSR count). The number of methoxy groups -OCH3 is 2. The maximum absolute atomic E-state index is 14.5. The predicted octanol–water partition coefficient (Wildman–Crippen LogP) is 3.95. The van der Waals surface area contributed by atoms with Crippen molar-refractivity contribution < 1.29 is 24.2 Å². The van der Waals surface area contributed by atoms with Crippen LogP contribution in [0, 0.1) is 5.92 Å². The van der Waals surface area contributed by atoms with Gasteiger partial charge in [0, 0.05) is 18.0 Å². The fourth-order valence-electron chi connectivity index (χ4n) is 8.72. The topological polar surface area (TPSA) is 91.3 Å². The number of rotatable bonds is 7. The number of piperidine rings is 1. The molecule has 1 spiro atoms. The molecule has 2 aliphatic heterocycles. The van der Waals surface area contributed by atoms with Crippen molar-refractivity contribution in [1.82, 2.24) is 15.1 Å². The zero-order valence-corrected chi connectivity index (χ0v) is 24.4. The number of imide groups is 1. The van der Waals surface area contributed by atoms with Gasteiger partial charge in [-0.15, -0.1) is 0 Å². The molecule has 2 heterocycles. The molecule has 41 heavy (non-hydrogen) atoms. The van der Waals surface area contributed by atoms with E-state index in [0.29, 0.717) is 38.1 Å². The third-order valence-corrected chi connectivity index (χ3v) is 11.0. The standard InChI is InChI=1S/C33H41N3O5/c1-4-36-30(38)35(19-22-7-9-24(40-2)10-8-22)29(37)32(36)11-12-33(39)28-18-26-23(15-21-5-6-21)16-25(41-3)17-27(26)31(33,20-32)13-14-34-28/h7-10,16-17,21,28,34,39H,4-6,11-15,18-20H2,1-3H3/t28-,31-,32+,33-/m1/s1. The molecular formula is C33H41N3O5. The van der Waals surface area contributed by atoms with E-state index in [2.05, 4.69) is 17.4 Å². The van der Waals surface area contributed by atoms with E-state index in [1.54, 1.807) is 19.1 Å². The highest BCUT2D eigenvalue weighted by Crippen LogP contribution is 2.61. The van der Waals surface area contributed by atoms with Crippen molar-refractivity contribution in [3.05, 3.63) is 58.7 Å². The van der Waals surface area contributed by atoms with Crippen LogP contribution in [0.4, 0.5) is 4.79 Å². The van der Waals surface area contributed by atoms with Gasteiger partial charge in [0.2, 0.25) is 0 Å². The van der Waals surface area contributed by atoms with Gasteiger partial charge in [-0.3, -0.25) is 9.69 Å². The molecule has 0 aromatic heterocycles. The fraction of sp³-hybridized carbons (Fsp3) is 0.576. The van der Waals surface area contributed by atoms with Crippen LogP contribution in [0.25, 0.3) is 0 Å². The number of nitrogens with zero attached hydrogens (tertiary/aromatic N) is 2. The lowest BCUT2D eigenvalue weighted by molar-refractivity contribution is -0.163. The number of nitrogens with one attached hydrogen (secondary N) is 1. The smallest absolute Gasteiger partial charge is 0.327 e. The molecule has 4 fully saturated rings. The second-order valence-corrected chi connectivity index (χ2v) is 12.9. The van der Waals surface area contributed by atoms with Gasteiger partial charge in [-0.1, -0.05) is 12.1 Å². The molecule has 3 amide bonds. The Bertz CT molecular complexity index is 1390. The Morgan fingerprint density at radius 1 is 1.02 bits per heavy atom. The van der Waals surface area contributed by atoms with Gasteiger partial charge in [0.1, 0.15) is 17.0 Å². The Morgan fingerprint density at radius 2 is 1.78 bits per heavy atom. The van der Waals surface area contributed by atoms with Crippen molar-refractivity contribution in [1.29, 1.82) is 0 Å². The number of aliphatic hydroxyl groups is 1. The van der Waals surface area contributed by atoms with Crippen LogP contribution in [0.5, 0.6) is 11.5 Å². The molecule has 2 saturated carbocycles. The summed E-state index contributed by atoms with van der Waals surface area (Å²) in [5, 5.41) is 16.3. The molecule has 2 bridgehead atoms. The molecule has 2 aromatic rings. The summed E-state index contributed by atoms with van der Waals surface area (Å²) in [5.41, 5.74) is 2.01. The molecule has 5 aliphatic rings. The van der Waals surface area contributed by atoms with Gasteiger partial charge < -0.3 is 24.8 Å². The van der Waals surface area contributed by atoms with Gasteiger partial charge >= 0.3 is 6.03 Å². The lowest BCUT2D eigenvalue weighted by Gasteiger charge is -2.64. The highest BCUT2D eigenvalue weighted by molar-refractivity contribution is 6.07. The van der Waals surface area contributed by atoms with Gasteiger partial charge in [-0.05, 0) is 117 Å². The van der Waals surface area contributed by atoms with Crippen LogP contribution in [0.2, 0.25) is 0 Å². The molecule has 2 N–H and O–H groups in total. The number of amides is 3. The Balaban J connectivity index is 1.32. The highest BCUT2D eigenvalue weighted by atomic mass is 16.5. The molecule has 3 aliphatic carbocycles. The van der Waals surface area contributed by atoms with Gasteiger partial charge in [0.05, 0.1) is 26.4 Å². The van der Waals surface area contributed by atoms with E-state index in [9.17, 15) is 14.7 Å². The highest BCUT2D eigenvalue weighted by Gasteiger charge is 2.71. The maximum atomic E-state index is 14.5. The second-order valence-electron chi connectivity index (χ2n) is 12.9. The average molecular weight is 560 g/mol. The summed E-state index contributed by atoms with van der Waals surface area (Å²) in [4.78, 5) is 31.6. The van der Waals surface area contributed by atoms with Crippen LogP contribution >= 0.6 is 0 Å². The number of ether oxygens (including phenoxy) is 2. The molecule has 8 nitrogen and oxygen atoms in total. The van der Waals surface area contributed by atoms with Gasteiger partial charge in [0.15, 0.2) is 0 Å². The minimum Gasteiger partial charge on any atom is -0.497 e. The van der Waals surface area contributed by atoms with Crippen molar-refractivity contribution in [3.8, 4) is 11.5 Å². The predicted molar refractivity (Wildman–Crippen MR) is 154 cm³/mol. The minimum atomic E-state index is -1.00. The van der Waals surface area contributed by atoms with E-state index in [4.69, 9.17) is 9.47 Å². The van der Waals surface area contributed by atoms with Crippen molar-refractivity contribution >= 4 is 11.9 Å². The van der Waals surface area contributed by atoms with E-state index in [1.807, 2.05) is 31.2 Å². The van der Waals surface area contributed by atoms with Crippen molar-refractivity contribution in [2.75, 3.05) is 27.3 Å². The van der Waals surface area contributed by atoms with Crippen LogP contribution in [0.15, 0.2) is 36.4 Å². The first-order valence-corrected chi connectivity index (χ1v) is 15.2. The monoisotopic (exact) mass is 559 g/mol. The van der Waals surface area contributed by atoms with Crippen molar-refractivity contribution in [2.45, 2.75) is 87.4 Å². The summed E-state index contributed by atoms with van der Waals surface area (Å²) >= 11 is 0. The Morgan fingerprint density at radius 3 is 2.46 bits per heavy atom. The number of hydrogen-bond acceptors (Lipinski definition) is 6. The number of hydrogen-bond donors (Lipinski definition) is 2. The molecule has 2 aromatic carbocycles. The Labute approximate surface area is 242 Å². The minimum absolute atomic E-state index is 0.0786. The number of carbonyl (C=O) groups is 2. The van der Waals surface area contributed by atoms with Crippen molar-refractivity contribution in [3.63, 3.8) is 0 Å². The summed E-state index contributed by atoms with van der Waals surface area (Å²) in [6.45, 7) is 3.38. The first-order chi connectivity index (χ1) is 19.8. The molecule has 8 heteroatoms. The summed E-state index contributed by atoms with van der Waals surface area (Å²) in [7, 11) is 3.33. The normalized spacial score (nSPS) is 32.2. The molecule has 2 saturated heterocycles. The molecular weight excluding hydrogens is 518 g/mol. The van der Waals surface area contributed by atoms with E-state index in [-0.39, 0.29) is 24.5 Å². The summed E-state index contributed by atoms with van der Waals surface area (Å²) < 4.78 is 11.1. The van der Waals surface area contributed by atoms with Crippen LogP contribution < -0.4 is 14.8 Å². The largest absolute Gasteiger partial charge is 0.497 e. The number of likely N-dealkylation sites (N-methyl/N-ethyl adjacent to an activating group) is 1. The Kier molecular flexibility index (Phi) is 6.18. The summed E-state index contributed by atoms with van der Waals surface area (Å²) in [6.07, 6.45) is 6.38. The van der Waals surface area contributed by atoms with Crippen LogP contribution in [-0.4, -0.2) is 71.3 Å². The van der Waals surface area contributed by atoms with E-state index in [0.717, 1.165) is 42.0 Å². The Hall–Kier alpha value is -3.10. The maximum Gasteiger partial charge on any atom is 0.327 e. The van der Waals surface area contributed by atoms with Crippen molar-refractivity contribution in [2.24, 2.45) is 5.92 Å². The third-order valence-electron chi connectivity index (χ3n) is 11.0. The number of benzene rings is 2. The summed E-state index contributed by atoms with van der Waals surface area (Å²) in [5.74, 6) is 2.12. The second kappa shape index (κ2) is 9.46. The lowest BCUT2D eigenvalue weighted by atomic mass is 9.46. The zero-order chi connectivity index (χ0) is 28.6. The first-order valence-electron chi connectivity index (χ1n) is 15.2. The van der Waals surface area contributed by atoms with E-state index >= 15 is 0 Å². The number of fused-ring (bicyclic) bond motifs is 1. The van der Waals surface area contributed by atoms with Crippen LogP contribution in [0.3, 0.4) is 0 Å². The molecule has 4 atom stereocenters. The fourth-order valence-corrected chi connectivity index (χ4v) is 8.72. The van der Waals surface area contributed by atoms with Gasteiger partial charge in [0.25, 0.3) is 5.91 Å². The first kappa shape index (κ1) is 26.8. The van der Waals surface area contributed by atoms with Crippen LogP contribution in [0.1, 0.15) is 67.7 Å². The number of carbonyl (C=O) groups excluding carboxylic acids is 2. The molecule has 218 valence electrons. The SMILES string of the molecule is CCN1C(=O)N(Cc2ccc(OC)cc2)C(=O)[C@@]12CC[C@@]1(O)[C@H]3Cc4c(CC5CC5)cc(OC)cc4[C@@]1(CCN3)C2. The van der Waals surface area contributed by atoms with E-state index in [1.165, 1.54) is 28.9 Å². The summed E-state index contributed by atoms with van der Waals surface area (Å²) in [6, 6.07) is 11.5. The molecule has 0 unspecified atom stereocenters. The molecule has 0 radical (unpaired) electrons. The van der Waals surface area contributed by atoms with E-state index < -0.39 is 16.6 Å². The average Bonchev–Trinajstić information content (AvgIpc) is 3.77. The van der Waals surface area contributed by atoms with Gasteiger partial charge in [-0.25, -0.2) is 4.79 Å². The number of urea groups is 1. The quantitative estimate of drug-likeness (QED) is 0.500. The zero-order valence-electron chi connectivity index (χ0n) is 24.4. The van der Waals surface area contributed by atoms with Gasteiger partial charge in [-0.2, -0.15) is 0 Å².